The molecule has 0 amide bonds. The molecule has 0 spiro atoms. The predicted octanol–water partition coefficient (Wildman–Crippen LogP) is 0.603. The van der Waals surface area contributed by atoms with E-state index in [9.17, 15) is 0 Å². The predicted molar refractivity (Wildman–Crippen MR) is 39.6 cm³/mol. The maximum atomic E-state index is 5.07. The van der Waals surface area contributed by atoms with Crippen molar-refractivity contribution in [2.24, 2.45) is 0 Å². The standard InChI is InChI=1S/C8H5B/c1-2-3-4-5-6-7-8-9/h8H2,1H3. The highest BCUT2D eigenvalue weighted by Gasteiger charge is 1.55. The largest absolute Gasteiger partial charge is 0.0987 e. The summed E-state index contributed by atoms with van der Waals surface area (Å²) in [5, 5.41) is 0. The van der Waals surface area contributed by atoms with Gasteiger partial charge in [0.15, 0.2) is 0 Å². The normalized spacial score (nSPS) is 4.56. The molecule has 0 atom stereocenters. The maximum absolute atomic E-state index is 5.07. The zero-order chi connectivity index (χ0) is 6.95. The first kappa shape index (κ1) is 7.74. The highest BCUT2D eigenvalue weighted by molar-refractivity contribution is 6.10. The third-order valence-corrected chi connectivity index (χ3v) is 0.503. The van der Waals surface area contributed by atoms with Crippen molar-refractivity contribution in [1.82, 2.24) is 0 Å². The van der Waals surface area contributed by atoms with Crippen molar-refractivity contribution < 1.29 is 0 Å². The molecule has 40 valence electrons. The van der Waals surface area contributed by atoms with E-state index in [-0.39, 0.29) is 0 Å². The molecule has 0 rings (SSSR count). The van der Waals surface area contributed by atoms with Gasteiger partial charge in [0.25, 0.3) is 0 Å². The second-order valence-corrected chi connectivity index (χ2v) is 1.13. The second-order valence-electron chi connectivity index (χ2n) is 1.13. The Balaban J connectivity index is 3.71. The maximum Gasteiger partial charge on any atom is 0.0828 e. The lowest BCUT2D eigenvalue weighted by molar-refractivity contribution is 1.87. The molecule has 0 aliphatic rings. The van der Waals surface area contributed by atoms with E-state index in [0.717, 1.165) is 0 Å². The molecule has 0 saturated heterocycles. The van der Waals surface area contributed by atoms with Crippen LogP contribution in [0.2, 0.25) is 6.32 Å². The van der Waals surface area contributed by atoms with Crippen LogP contribution in [0.15, 0.2) is 0 Å². The van der Waals surface area contributed by atoms with Gasteiger partial charge in [-0.05, 0) is 36.9 Å². The van der Waals surface area contributed by atoms with E-state index in [1.165, 1.54) is 0 Å². The van der Waals surface area contributed by atoms with Crippen LogP contribution in [0.4, 0.5) is 0 Å². The lowest BCUT2D eigenvalue weighted by atomic mass is 10.1. The fraction of sp³-hybridized carbons (Fsp3) is 0.250. The smallest absolute Gasteiger partial charge is 0.0828 e. The lowest BCUT2D eigenvalue weighted by Gasteiger charge is -1.59. The summed E-state index contributed by atoms with van der Waals surface area (Å²) in [6.45, 7) is 1.73. The molecule has 0 aliphatic heterocycles. The van der Waals surface area contributed by atoms with Crippen LogP contribution in [-0.2, 0) is 0 Å². The van der Waals surface area contributed by atoms with Crippen molar-refractivity contribution in [2.45, 2.75) is 13.2 Å². The van der Waals surface area contributed by atoms with Crippen LogP contribution < -0.4 is 0 Å². The molecule has 9 heavy (non-hydrogen) atoms. The first-order valence-corrected chi connectivity index (χ1v) is 2.51. The van der Waals surface area contributed by atoms with Gasteiger partial charge < -0.3 is 0 Å². The van der Waals surface area contributed by atoms with Crippen LogP contribution in [0.25, 0.3) is 0 Å². The molecule has 0 aliphatic carbocycles. The molecule has 0 fully saturated rings. The van der Waals surface area contributed by atoms with Crippen LogP contribution in [0.3, 0.4) is 0 Å². The van der Waals surface area contributed by atoms with Gasteiger partial charge in [0.05, 0.1) is 7.85 Å². The minimum Gasteiger partial charge on any atom is -0.0987 e. The molecular formula is C8H5B. The Morgan fingerprint density at radius 3 is 2.33 bits per heavy atom. The summed E-state index contributed by atoms with van der Waals surface area (Å²) in [6.07, 6.45) is 0.355. The van der Waals surface area contributed by atoms with Gasteiger partial charge in [-0.25, -0.2) is 0 Å². The van der Waals surface area contributed by atoms with Crippen LogP contribution in [0.5, 0.6) is 0 Å². The molecule has 0 aromatic heterocycles. The van der Waals surface area contributed by atoms with Crippen LogP contribution >= 0.6 is 0 Å². The van der Waals surface area contributed by atoms with Crippen molar-refractivity contribution in [1.29, 1.82) is 0 Å². The molecule has 0 aromatic carbocycles. The Morgan fingerprint density at radius 1 is 1.11 bits per heavy atom. The van der Waals surface area contributed by atoms with E-state index in [1.54, 1.807) is 6.92 Å². The van der Waals surface area contributed by atoms with E-state index >= 15 is 0 Å². The monoisotopic (exact) mass is 112 g/mol. The first-order chi connectivity index (χ1) is 4.41. The number of rotatable bonds is 0. The Bertz CT molecular complexity index is 231. The molecule has 0 nitrogen and oxygen atoms in total. The molecule has 0 saturated carbocycles. The van der Waals surface area contributed by atoms with Crippen LogP contribution in [0, 0.1) is 35.5 Å². The van der Waals surface area contributed by atoms with Gasteiger partial charge in [-0.1, -0.05) is 11.8 Å². The average Bonchev–Trinajstić information content (AvgIpc) is 1.89. The van der Waals surface area contributed by atoms with Gasteiger partial charge in [-0.2, -0.15) is 0 Å². The van der Waals surface area contributed by atoms with E-state index in [0.29, 0.717) is 6.32 Å². The van der Waals surface area contributed by atoms with E-state index < -0.39 is 0 Å². The van der Waals surface area contributed by atoms with Gasteiger partial charge in [0.2, 0.25) is 0 Å². The minimum atomic E-state index is 0.355. The van der Waals surface area contributed by atoms with Gasteiger partial charge in [0, 0.05) is 0 Å². The minimum absolute atomic E-state index is 0.355. The molecule has 0 N–H and O–H groups in total. The van der Waals surface area contributed by atoms with Crippen molar-refractivity contribution in [2.75, 3.05) is 0 Å². The van der Waals surface area contributed by atoms with E-state index in [2.05, 4.69) is 35.5 Å². The van der Waals surface area contributed by atoms with Gasteiger partial charge in [-0.3, -0.25) is 0 Å². The fourth-order valence-corrected chi connectivity index (χ4v) is 0.220. The molecule has 2 radical (unpaired) electrons. The lowest BCUT2D eigenvalue weighted by Crippen LogP contribution is -1.56. The Kier molecular flexibility index (Phi) is 5.80. The SMILES string of the molecule is [B]CC#CC#CC#CC. The van der Waals surface area contributed by atoms with Crippen LogP contribution in [-0.4, -0.2) is 7.85 Å². The summed E-state index contributed by atoms with van der Waals surface area (Å²) in [5.41, 5.74) is 0. The van der Waals surface area contributed by atoms with Gasteiger partial charge >= 0.3 is 0 Å². The van der Waals surface area contributed by atoms with Crippen molar-refractivity contribution in [3.05, 3.63) is 0 Å². The zero-order valence-electron chi connectivity index (χ0n) is 5.28. The third-order valence-electron chi connectivity index (χ3n) is 0.503. The zero-order valence-corrected chi connectivity index (χ0v) is 5.28. The first-order valence-electron chi connectivity index (χ1n) is 2.51. The number of hydrogen-bond donors (Lipinski definition) is 0. The van der Waals surface area contributed by atoms with Crippen molar-refractivity contribution in [3.63, 3.8) is 0 Å². The quantitative estimate of drug-likeness (QED) is 0.318. The topological polar surface area (TPSA) is 0 Å². The van der Waals surface area contributed by atoms with Crippen molar-refractivity contribution >= 4 is 7.85 Å². The molecular weight excluding hydrogens is 107 g/mol. The number of hydrogen-bond acceptors (Lipinski definition) is 0. The highest BCUT2D eigenvalue weighted by Crippen LogP contribution is 1.60. The Hall–Kier alpha value is -1.26. The third kappa shape index (κ3) is 6.74. The summed E-state index contributed by atoms with van der Waals surface area (Å²) < 4.78 is 0. The molecule has 0 aromatic rings. The highest BCUT2D eigenvalue weighted by atomic mass is 13.5. The average molecular weight is 112 g/mol. The summed E-state index contributed by atoms with van der Waals surface area (Å²) in [6, 6.07) is 0. The van der Waals surface area contributed by atoms with Gasteiger partial charge in [-0.15, -0.1) is 0 Å². The molecule has 0 heterocycles. The fourth-order valence-electron chi connectivity index (χ4n) is 0.220. The Morgan fingerprint density at radius 2 is 1.78 bits per heavy atom. The van der Waals surface area contributed by atoms with Crippen LogP contribution in [0.1, 0.15) is 6.92 Å². The Labute approximate surface area is 57.4 Å². The molecule has 0 bridgehead atoms. The van der Waals surface area contributed by atoms with Gasteiger partial charge in [0.1, 0.15) is 0 Å². The van der Waals surface area contributed by atoms with Crippen molar-refractivity contribution in [3.8, 4) is 35.5 Å². The molecule has 1 heteroatoms. The summed E-state index contributed by atoms with van der Waals surface area (Å²) in [7, 11) is 5.07. The summed E-state index contributed by atoms with van der Waals surface area (Å²) >= 11 is 0. The van der Waals surface area contributed by atoms with E-state index in [1.807, 2.05) is 0 Å². The van der Waals surface area contributed by atoms with E-state index in [4.69, 9.17) is 7.85 Å². The second kappa shape index (κ2) is 6.74. The summed E-state index contributed by atoms with van der Waals surface area (Å²) in [4.78, 5) is 0. The summed E-state index contributed by atoms with van der Waals surface area (Å²) in [5.74, 6) is 15.4. The molecule has 0 unspecified atom stereocenters.